The number of carbonyl (C=O) groups is 1. The normalized spacial score (nSPS) is 16.0. The quantitative estimate of drug-likeness (QED) is 0.768. The average Bonchev–Trinajstić information content (AvgIpc) is 2.59. The number of hydrogen-bond acceptors (Lipinski definition) is 5. The van der Waals surface area contributed by atoms with Crippen LogP contribution >= 0.6 is 0 Å². The van der Waals surface area contributed by atoms with Crippen molar-refractivity contribution in [3.05, 3.63) is 24.3 Å². The van der Waals surface area contributed by atoms with Crippen molar-refractivity contribution >= 4 is 27.3 Å². The van der Waals surface area contributed by atoms with E-state index in [1.54, 1.807) is 11.8 Å². The third kappa shape index (κ3) is 5.69. The number of anilines is 2. The molecule has 1 amide bonds. The van der Waals surface area contributed by atoms with E-state index in [-0.39, 0.29) is 18.2 Å². The van der Waals surface area contributed by atoms with E-state index in [2.05, 4.69) is 21.6 Å². The Morgan fingerprint density at radius 1 is 1.16 bits per heavy atom. The summed E-state index contributed by atoms with van der Waals surface area (Å²) in [6, 6.07) is 7.88. The lowest BCUT2D eigenvalue weighted by molar-refractivity contribution is -0.116. The standard InChI is InChI=1S/C17H28N4O3S/c1-4-25(23,24)18-9-10-21(15(2)22)17-7-5-16(6-8-17)20-13-11-19(3)12-14-20/h5-8,18H,4,9-14H2,1-3H3. The van der Waals surface area contributed by atoms with Gasteiger partial charge in [-0.25, -0.2) is 13.1 Å². The van der Waals surface area contributed by atoms with E-state index in [0.29, 0.717) is 6.54 Å². The van der Waals surface area contributed by atoms with E-state index in [0.717, 1.165) is 37.6 Å². The van der Waals surface area contributed by atoms with Crippen molar-refractivity contribution in [2.45, 2.75) is 13.8 Å². The summed E-state index contributed by atoms with van der Waals surface area (Å²) in [6.07, 6.45) is 0. The lowest BCUT2D eigenvalue weighted by Gasteiger charge is -2.34. The molecule has 2 rings (SSSR count). The van der Waals surface area contributed by atoms with Gasteiger partial charge in [-0.2, -0.15) is 0 Å². The number of amides is 1. The number of rotatable bonds is 7. The Labute approximate surface area is 150 Å². The maximum atomic E-state index is 11.9. The van der Waals surface area contributed by atoms with Gasteiger partial charge in [-0.05, 0) is 38.2 Å². The molecule has 0 radical (unpaired) electrons. The van der Waals surface area contributed by atoms with Gasteiger partial charge < -0.3 is 14.7 Å². The maximum absolute atomic E-state index is 11.9. The molecule has 1 aliphatic rings. The van der Waals surface area contributed by atoms with Crippen LogP contribution in [0.15, 0.2) is 24.3 Å². The van der Waals surface area contributed by atoms with Gasteiger partial charge in [0.15, 0.2) is 0 Å². The Morgan fingerprint density at radius 3 is 2.28 bits per heavy atom. The highest BCUT2D eigenvalue weighted by Gasteiger charge is 2.16. The molecule has 1 aromatic carbocycles. The molecule has 0 aromatic heterocycles. The van der Waals surface area contributed by atoms with Crippen molar-refractivity contribution in [2.75, 3.05) is 61.9 Å². The Balaban J connectivity index is 2.00. The zero-order valence-corrected chi connectivity index (χ0v) is 16.1. The van der Waals surface area contributed by atoms with E-state index in [1.807, 2.05) is 24.3 Å². The molecule has 0 bridgehead atoms. The van der Waals surface area contributed by atoms with Crippen LogP contribution in [-0.2, 0) is 14.8 Å². The summed E-state index contributed by atoms with van der Waals surface area (Å²) in [5.74, 6) is -0.0738. The van der Waals surface area contributed by atoms with Gasteiger partial charge in [0.2, 0.25) is 15.9 Å². The second-order valence-corrected chi connectivity index (χ2v) is 8.37. The molecule has 7 nitrogen and oxygen atoms in total. The molecular formula is C17H28N4O3S. The number of nitrogens with one attached hydrogen (secondary N) is 1. The molecule has 1 aliphatic heterocycles. The van der Waals surface area contributed by atoms with Crippen molar-refractivity contribution in [1.82, 2.24) is 9.62 Å². The van der Waals surface area contributed by atoms with Crippen LogP contribution < -0.4 is 14.5 Å². The summed E-state index contributed by atoms with van der Waals surface area (Å²) in [5.41, 5.74) is 1.92. The highest BCUT2D eigenvalue weighted by Crippen LogP contribution is 2.22. The molecule has 1 saturated heterocycles. The van der Waals surface area contributed by atoms with Crippen LogP contribution in [0.4, 0.5) is 11.4 Å². The minimum Gasteiger partial charge on any atom is -0.369 e. The fraction of sp³-hybridized carbons (Fsp3) is 0.588. The van der Waals surface area contributed by atoms with E-state index in [1.165, 1.54) is 6.92 Å². The first-order valence-electron chi connectivity index (χ1n) is 8.61. The molecule has 1 N–H and O–H groups in total. The molecular weight excluding hydrogens is 340 g/mol. The largest absolute Gasteiger partial charge is 0.369 e. The monoisotopic (exact) mass is 368 g/mol. The second-order valence-electron chi connectivity index (χ2n) is 6.28. The molecule has 0 unspecified atom stereocenters. The first-order chi connectivity index (χ1) is 11.8. The molecule has 1 heterocycles. The van der Waals surface area contributed by atoms with Crippen molar-refractivity contribution in [3.8, 4) is 0 Å². The van der Waals surface area contributed by atoms with Gasteiger partial charge >= 0.3 is 0 Å². The van der Waals surface area contributed by atoms with Crippen LogP contribution in [-0.4, -0.2) is 71.3 Å². The van der Waals surface area contributed by atoms with Crippen molar-refractivity contribution < 1.29 is 13.2 Å². The molecule has 1 fully saturated rings. The smallest absolute Gasteiger partial charge is 0.223 e. The molecule has 140 valence electrons. The van der Waals surface area contributed by atoms with Crippen LogP contribution in [0.1, 0.15) is 13.8 Å². The van der Waals surface area contributed by atoms with Gasteiger partial charge in [-0.1, -0.05) is 0 Å². The van der Waals surface area contributed by atoms with Crippen molar-refractivity contribution in [3.63, 3.8) is 0 Å². The van der Waals surface area contributed by atoms with E-state index in [4.69, 9.17) is 0 Å². The highest BCUT2D eigenvalue weighted by molar-refractivity contribution is 7.89. The molecule has 25 heavy (non-hydrogen) atoms. The second kappa shape index (κ2) is 8.64. The molecule has 0 atom stereocenters. The van der Waals surface area contributed by atoms with E-state index in [9.17, 15) is 13.2 Å². The Hall–Kier alpha value is -1.64. The molecule has 0 spiro atoms. The summed E-state index contributed by atoms with van der Waals surface area (Å²) in [6.45, 7) is 7.65. The average molecular weight is 369 g/mol. The minimum absolute atomic E-state index is 0.0345. The Kier molecular flexibility index (Phi) is 6.80. The number of nitrogens with zero attached hydrogens (tertiary/aromatic N) is 3. The molecule has 8 heteroatoms. The first-order valence-corrected chi connectivity index (χ1v) is 10.3. The van der Waals surface area contributed by atoms with Gasteiger partial charge in [0.25, 0.3) is 0 Å². The van der Waals surface area contributed by atoms with Gasteiger partial charge in [0.05, 0.1) is 5.75 Å². The Bertz CT molecular complexity index is 668. The van der Waals surface area contributed by atoms with Crippen molar-refractivity contribution in [1.29, 1.82) is 0 Å². The van der Waals surface area contributed by atoms with Gasteiger partial charge in [-0.15, -0.1) is 0 Å². The number of carbonyl (C=O) groups excluding carboxylic acids is 1. The summed E-state index contributed by atoms with van der Waals surface area (Å²) >= 11 is 0. The Morgan fingerprint density at radius 2 is 1.76 bits per heavy atom. The zero-order chi connectivity index (χ0) is 18.4. The van der Waals surface area contributed by atoms with Crippen LogP contribution in [0.2, 0.25) is 0 Å². The van der Waals surface area contributed by atoms with Crippen LogP contribution in [0.3, 0.4) is 0 Å². The third-order valence-corrected chi connectivity index (χ3v) is 5.85. The molecule has 1 aromatic rings. The number of likely N-dealkylation sites (N-methyl/N-ethyl adjacent to an activating group) is 1. The van der Waals surface area contributed by atoms with Crippen LogP contribution in [0, 0.1) is 0 Å². The summed E-state index contributed by atoms with van der Waals surface area (Å²) < 4.78 is 25.5. The number of hydrogen-bond donors (Lipinski definition) is 1. The summed E-state index contributed by atoms with van der Waals surface area (Å²) in [7, 11) is -1.12. The lowest BCUT2D eigenvalue weighted by Crippen LogP contribution is -2.44. The van der Waals surface area contributed by atoms with E-state index >= 15 is 0 Å². The van der Waals surface area contributed by atoms with Gasteiger partial charge in [-0.3, -0.25) is 4.79 Å². The molecule has 0 saturated carbocycles. The lowest BCUT2D eigenvalue weighted by atomic mass is 10.2. The minimum atomic E-state index is -3.25. The number of piperazine rings is 1. The first kappa shape index (κ1) is 19.7. The SMILES string of the molecule is CCS(=O)(=O)NCCN(C(C)=O)c1ccc(N2CCN(C)CC2)cc1. The third-order valence-electron chi connectivity index (χ3n) is 4.45. The summed E-state index contributed by atoms with van der Waals surface area (Å²) in [5, 5.41) is 0. The molecule has 0 aliphatic carbocycles. The van der Waals surface area contributed by atoms with Crippen molar-refractivity contribution in [2.24, 2.45) is 0 Å². The fourth-order valence-electron chi connectivity index (χ4n) is 2.79. The summed E-state index contributed by atoms with van der Waals surface area (Å²) in [4.78, 5) is 18.2. The number of benzene rings is 1. The predicted octanol–water partition coefficient (Wildman–Crippen LogP) is 0.731. The number of sulfonamides is 1. The van der Waals surface area contributed by atoms with Gasteiger partial charge in [0, 0.05) is 57.6 Å². The van der Waals surface area contributed by atoms with E-state index < -0.39 is 10.0 Å². The topological polar surface area (TPSA) is 73.0 Å². The zero-order valence-electron chi connectivity index (χ0n) is 15.2. The van der Waals surface area contributed by atoms with Crippen LogP contribution in [0.5, 0.6) is 0 Å². The highest BCUT2D eigenvalue weighted by atomic mass is 32.2. The van der Waals surface area contributed by atoms with Crippen LogP contribution in [0.25, 0.3) is 0 Å². The maximum Gasteiger partial charge on any atom is 0.223 e. The predicted molar refractivity (Wildman–Crippen MR) is 102 cm³/mol. The fourth-order valence-corrected chi connectivity index (χ4v) is 3.40. The van der Waals surface area contributed by atoms with Gasteiger partial charge in [0.1, 0.15) is 0 Å².